The van der Waals surface area contributed by atoms with Gasteiger partial charge in [-0.3, -0.25) is 4.79 Å². The van der Waals surface area contributed by atoms with Crippen LogP contribution in [0, 0.1) is 5.92 Å². The summed E-state index contributed by atoms with van der Waals surface area (Å²) in [6.07, 6.45) is 3.80. The van der Waals surface area contributed by atoms with E-state index in [9.17, 15) is 4.79 Å². The maximum atomic E-state index is 12.5. The number of piperidine rings is 1. The lowest BCUT2D eigenvalue weighted by atomic mass is 9.93. The van der Waals surface area contributed by atoms with Crippen molar-refractivity contribution in [1.82, 2.24) is 4.90 Å². The van der Waals surface area contributed by atoms with E-state index >= 15 is 0 Å². The molecule has 2 fully saturated rings. The first kappa shape index (κ1) is 12.8. The van der Waals surface area contributed by atoms with E-state index in [2.05, 4.69) is 13.8 Å². The molecular weight excluding hydrogens is 216 g/mol. The fraction of sp³-hybridized carbons (Fsp3) is 0.923. The SMILES string of the molecule is CCC1OCCC1C(=O)N1CCC(N)CC1C. The molecule has 0 aromatic heterocycles. The Balaban J connectivity index is 1.99. The maximum Gasteiger partial charge on any atom is 0.228 e. The molecule has 0 aromatic carbocycles. The minimum atomic E-state index is 0.0803. The molecule has 4 heteroatoms. The second-order valence-corrected chi connectivity index (χ2v) is 5.38. The van der Waals surface area contributed by atoms with Crippen LogP contribution in [-0.4, -0.2) is 42.1 Å². The van der Waals surface area contributed by atoms with Crippen molar-refractivity contribution in [2.24, 2.45) is 11.7 Å². The highest BCUT2D eigenvalue weighted by atomic mass is 16.5. The van der Waals surface area contributed by atoms with Gasteiger partial charge in [-0.25, -0.2) is 0 Å². The molecule has 0 aliphatic carbocycles. The largest absolute Gasteiger partial charge is 0.377 e. The number of likely N-dealkylation sites (tertiary alicyclic amines) is 1. The second kappa shape index (κ2) is 5.36. The Kier molecular flexibility index (Phi) is 4.05. The van der Waals surface area contributed by atoms with Gasteiger partial charge in [-0.05, 0) is 32.6 Å². The quantitative estimate of drug-likeness (QED) is 0.787. The van der Waals surface area contributed by atoms with Crippen molar-refractivity contribution >= 4 is 5.91 Å². The summed E-state index contributed by atoms with van der Waals surface area (Å²) in [5, 5.41) is 0. The predicted octanol–water partition coefficient (Wildman–Crippen LogP) is 1.14. The van der Waals surface area contributed by atoms with Crippen molar-refractivity contribution in [3.63, 3.8) is 0 Å². The van der Waals surface area contributed by atoms with Gasteiger partial charge < -0.3 is 15.4 Å². The lowest BCUT2D eigenvalue weighted by Crippen LogP contribution is -2.51. The van der Waals surface area contributed by atoms with Crippen molar-refractivity contribution in [1.29, 1.82) is 0 Å². The van der Waals surface area contributed by atoms with Crippen molar-refractivity contribution < 1.29 is 9.53 Å². The van der Waals surface area contributed by atoms with Crippen LogP contribution in [-0.2, 0) is 9.53 Å². The molecule has 17 heavy (non-hydrogen) atoms. The number of nitrogens with two attached hydrogens (primary N) is 1. The summed E-state index contributed by atoms with van der Waals surface area (Å²) in [4.78, 5) is 14.5. The summed E-state index contributed by atoms with van der Waals surface area (Å²) >= 11 is 0. The van der Waals surface area contributed by atoms with E-state index in [4.69, 9.17) is 10.5 Å². The zero-order valence-electron chi connectivity index (χ0n) is 10.9. The Morgan fingerprint density at radius 1 is 1.47 bits per heavy atom. The van der Waals surface area contributed by atoms with E-state index in [1.807, 2.05) is 4.90 Å². The van der Waals surface area contributed by atoms with Crippen LogP contribution in [0.5, 0.6) is 0 Å². The molecule has 2 heterocycles. The van der Waals surface area contributed by atoms with Crippen molar-refractivity contribution in [3.8, 4) is 0 Å². The minimum Gasteiger partial charge on any atom is -0.377 e. The van der Waals surface area contributed by atoms with E-state index in [0.29, 0.717) is 0 Å². The van der Waals surface area contributed by atoms with Crippen LogP contribution in [0.1, 0.15) is 39.5 Å². The van der Waals surface area contributed by atoms with Gasteiger partial charge in [0.05, 0.1) is 12.0 Å². The van der Waals surface area contributed by atoms with Gasteiger partial charge in [0.2, 0.25) is 5.91 Å². The number of amides is 1. The second-order valence-electron chi connectivity index (χ2n) is 5.38. The number of carbonyl (C=O) groups is 1. The zero-order chi connectivity index (χ0) is 12.4. The summed E-state index contributed by atoms with van der Waals surface area (Å²) in [5.41, 5.74) is 5.93. The summed E-state index contributed by atoms with van der Waals surface area (Å²) in [6, 6.07) is 0.542. The van der Waals surface area contributed by atoms with Gasteiger partial charge in [-0.2, -0.15) is 0 Å². The van der Waals surface area contributed by atoms with Gasteiger partial charge in [-0.1, -0.05) is 6.92 Å². The molecule has 2 aliphatic heterocycles. The summed E-state index contributed by atoms with van der Waals surface area (Å²) in [6.45, 7) is 5.74. The fourth-order valence-electron chi connectivity index (χ4n) is 3.08. The molecule has 98 valence electrons. The van der Waals surface area contributed by atoms with Crippen LogP contribution in [0.15, 0.2) is 0 Å². The van der Waals surface area contributed by atoms with E-state index < -0.39 is 0 Å². The Bertz CT molecular complexity index is 283. The van der Waals surface area contributed by atoms with Crippen LogP contribution in [0.3, 0.4) is 0 Å². The molecule has 1 amide bonds. The van der Waals surface area contributed by atoms with Crippen molar-refractivity contribution in [2.45, 2.75) is 57.7 Å². The molecule has 0 saturated carbocycles. The minimum absolute atomic E-state index is 0.0803. The van der Waals surface area contributed by atoms with E-state index in [-0.39, 0.29) is 30.0 Å². The molecule has 4 unspecified atom stereocenters. The molecule has 2 aliphatic rings. The molecule has 4 nitrogen and oxygen atoms in total. The first-order valence-corrected chi connectivity index (χ1v) is 6.81. The third kappa shape index (κ3) is 2.63. The summed E-state index contributed by atoms with van der Waals surface area (Å²) < 4.78 is 5.61. The van der Waals surface area contributed by atoms with Crippen LogP contribution in [0.25, 0.3) is 0 Å². The van der Waals surface area contributed by atoms with Gasteiger partial charge >= 0.3 is 0 Å². The first-order chi connectivity index (χ1) is 8.13. The van der Waals surface area contributed by atoms with Gasteiger partial charge in [0, 0.05) is 25.2 Å². The normalized spacial score (nSPS) is 38.4. The number of carbonyl (C=O) groups excluding carboxylic acids is 1. The van der Waals surface area contributed by atoms with Crippen LogP contribution >= 0.6 is 0 Å². The monoisotopic (exact) mass is 240 g/mol. The molecular formula is C13H24N2O2. The smallest absolute Gasteiger partial charge is 0.228 e. The van der Waals surface area contributed by atoms with E-state index in [1.165, 1.54) is 0 Å². The van der Waals surface area contributed by atoms with Gasteiger partial charge in [0.15, 0.2) is 0 Å². The zero-order valence-corrected chi connectivity index (χ0v) is 10.9. The lowest BCUT2D eigenvalue weighted by Gasteiger charge is -2.38. The Morgan fingerprint density at radius 2 is 2.24 bits per heavy atom. The number of rotatable bonds is 2. The molecule has 0 bridgehead atoms. The van der Waals surface area contributed by atoms with E-state index in [1.54, 1.807) is 0 Å². The van der Waals surface area contributed by atoms with Crippen molar-refractivity contribution in [2.75, 3.05) is 13.2 Å². The number of nitrogens with zero attached hydrogens (tertiary/aromatic N) is 1. The lowest BCUT2D eigenvalue weighted by molar-refractivity contribution is -0.140. The average molecular weight is 240 g/mol. The van der Waals surface area contributed by atoms with Gasteiger partial charge in [-0.15, -0.1) is 0 Å². The van der Waals surface area contributed by atoms with Gasteiger partial charge in [0.25, 0.3) is 0 Å². The summed E-state index contributed by atoms with van der Waals surface area (Å²) in [7, 11) is 0. The van der Waals surface area contributed by atoms with E-state index in [0.717, 1.165) is 38.8 Å². The van der Waals surface area contributed by atoms with Gasteiger partial charge in [0.1, 0.15) is 0 Å². The Labute approximate surface area is 103 Å². The molecule has 4 atom stereocenters. The molecule has 0 aromatic rings. The highest BCUT2D eigenvalue weighted by molar-refractivity contribution is 5.80. The fourth-order valence-corrected chi connectivity index (χ4v) is 3.08. The Morgan fingerprint density at radius 3 is 2.88 bits per heavy atom. The maximum absolute atomic E-state index is 12.5. The molecule has 2 saturated heterocycles. The molecule has 2 rings (SSSR count). The highest BCUT2D eigenvalue weighted by Gasteiger charge is 2.38. The first-order valence-electron chi connectivity index (χ1n) is 6.81. The Hall–Kier alpha value is -0.610. The third-order valence-electron chi connectivity index (χ3n) is 4.13. The van der Waals surface area contributed by atoms with Crippen LogP contribution < -0.4 is 5.73 Å². The van der Waals surface area contributed by atoms with Crippen LogP contribution in [0.2, 0.25) is 0 Å². The molecule has 2 N–H and O–H groups in total. The number of ether oxygens (including phenoxy) is 1. The topological polar surface area (TPSA) is 55.6 Å². The number of hydrogen-bond donors (Lipinski definition) is 1. The molecule has 0 spiro atoms. The highest BCUT2D eigenvalue weighted by Crippen LogP contribution is 2.28. The van der Waals surface area contributed by atoms with Crippen molar-refractivity contribution in [3.05, 3.63) is 0 Å². The third-order valence-corrected chi connectivity index (χ3v) is 4.13. The predicted molar refractivity (Wildman–Crippen MR) is 66.5 cm³/mol. The average Bonchev–Trinajstić information content (AvgIpc) is 2.76. The van der Waals surface area contributed by atoms with Crippen LogP contribution in [0.4, 0.5) is 0 Å². The number of hydrogen-bond acceptors (Lipinski definition) is 3. The summed E-state index contributed by atoms with van der Waals surface area (Å²) in [5.74, 6) is 0.366. The molecule has 0 radical (unpaired) electrons. The standard InChI is InChI=1S/C13H24N2O2/c1-3-12-11(5-7-17-12)13(16)15-6-4-10(14)8-9(15)2/h9-12H,3-8,14H2,1-2H3.